The highest BCUT2D eigenvalue weighted by Gasteiger charge is 2.16. The van der Waals surface area contributed by atoms with Crippen LogP contribution in [-0.4, -0.2) is 31.9 Å². The number of fused-ring (bicyclic) bond motifs is 1. The summed E-state index contributed by atoms with van der Waals surface area (Å²) >= 11 is 0. The van der Waals surface area contributed by atoms with Crippen molar-refractivity contribution in [3.05, 3.63) is 95.2 Å². The van der Waals surface area contributed by atoms with E-state index in [1.165, 1.54) is 6.21 Å². The molecule has 1 aliphatic heterocycles. The highest BCUT2D eigenvalue weighted by atomic mass is 16.7. The molecule has 2 N–H and O–H groups in total. The van der Waals surface area contributed by atoms with E-state index in [0.717, 1.165) is 5.56 Å². The predicted octanol–water partition coefficient (Wildman–Crippen LogP) is 3.35. The fraction of sp³-hybridized carbons (Fsp3) is 0.0800. The highest BCUT2D eigenvalue weighted by molar-refractivity contribution is 6.05. The van der Waals surface area contributed by atoms with E-state index >= 15 is 0 Å². The fourth-order valence-electron chi connectivity index (χ4n) is 3.03. The molecule has 2 amide bonds. The van der Waals surface area contributed by atoms with Crippen LogP contribution in [0, 0.1) is 0 Å². The van der Waals surface area contributed by atoms with Gasteiger partial charge >= 0.3 is 0 Å². The van der Waals surface area contributed by atoms with Crippen LogP contribution in [0.1, 0.15) is 21.5 Å². The maximum absolute atomic E-state index is 12.9. The number of amides is 2. The van der Waals surface area contributed by atoms with Gasteiger partial charge in [-0.05, 0) is 65.7 Å². The zero-order valence-corrected chi connectivity index (χ0v) is 17.8. The molecule has 0 atom stereocenters. The molecular formula is C25H21N3O5. The van der Waals surface area contributed by atoms with Crippen molar-refractivity contribution in [2.24, 2.45) is 5.10 Å². The van der Waals surface area contributed by atoms with Crippen molar-refractivity contribution in [2.75, 3.05) is 13.9 Å². The van der Waals surface area contributed by atoms with Crippen molar-refractivity contribution in [2.45, 2.75) is 0 Å². The lowest BCUT2D eigenvalue weighted by molar-refractivity contribution is -0.117. The van der Waals surface area contributed by atoms with E-state index in [0.29, 0.717) is 28.4 Å². The van der Waals surface area contributed by atoms with Gasteiger partial charge in [0.15, 0.2) is 11.5 Å². The van der Waals surface area contributed by atoms with Crippen LogP contribution in [0.4, 0.5) is 0 Å². The minimum absolute atomic E-state index is 0.0228. The Labute approximate surface area is 190 Å². The van der Waals surface area contributed by atoms with E-state index in [-0.39, 0.29) is 12.5 Å². The molecule has 166 valence electrons. The van der Waals surface area contributed by atoms with Crippen LogP contribution < -0.4 is 25.0 Å². The van der Waals surface area contributed by atoms with Gasteiger partial charge in [0, 0.05) is 5.56 Å². The first kappa shape index (κ1) is 21.6. The molecule has 33 heavy (non-hydrogen) atoms. The second-order valence-electron chi connectivity index (χ2n) is 6.96. The van der Waals surface area contributed by atoms with Crippen molar-refractivity contribution in [1.29, 1.82) is 0 Å². The number of carbonyl (C=O) groups excluding carboxylic acids is 2. The molecule has 1 aliphatic rings. The van der Waals surface area contributed by atoms with Crippen molar-refractivity contribution in [1.82, 2.24) is 10.7 Å². The highest BCUT2D eigenvalue weighted by Crippen LogP contribution is 2.33. The molecule has 0 fully saturated rings. The summed E-state index contributed by atoms with van der Waals surface area (Å²) in [5.41, 5.74) is 4.31. The topological polar surface area (TPSA) is 98.2 Å². The van der Waals surface area contributed by atoms with Gasteiger partial charge in [0.1, 0.15) is 11.4 Å². The normalized spacial score (nSPS) is 12.5. The van der Waals surface area contributed by atoms with E-state index < -0.39 is 11.8 Å². The van der Waals surface area contributed by atoms with Crippen LogP contribution in [0.3, 0.4) is 0 Å². The molecule has 0 saturated carbocycles. The average molecular weight is 443 g/mol. The first-order chi connectivity index (χ1) is 16.1. The Morgan fingerprint density at radius 1 is 0.939 bits per heavy atom. The zero-order chi connectivity index (χ0) is 23.0. The number of nitrogens with zero attached hydrogens (tertiary/aromatic N) is 1. The summed E-state index contributed by atoms with van der Waals surface area (Å²) in [6.07, 6.45) is 3.04. The summed E-state index contributed by atoms with van der Waals surface area (Å²) in [7, 11) is 1.58. The Kier molecular flexibility index (Phi) is 6.65. The lowest BCUT2D eigenvalue weighted by Gasteiger charge is -2.09. The molecule has 0 aliphatic carbocycles. The number of carbonyl (C=O) groups is 2. The molecule has 8 nitrogen and oxygen atoms in total. The van der Waals surface area contributed by atoms with Gasteiger partial charge in [-0.15, -0.1) is 0 Å². The molecule has 8 heteroatoms. The number of hydrogen-bond donors (Lipinski definition) is 2. The van der Waals surface area contributed by atoms with Crippen molar-refractivity contribution < 1.29 is 23.8 Å². The van der Waals surface area contributed by atoms with Gasteiger partial charge < -0.3 is 19.5 Å². The van der Waals surface area contributed by atoms with Crippen LogP contribution >= 0.6 is 0 Å². The van der Waals surface area contributed by atoms with Gasteiger partial charge in [-0.25, -0.2) is 5.43 Å². The van der Waals surface area contributed by atoms with Gasteiger partial charge in [0.2, 0.25) is 6.79 Å². The predicted molar refractivity (Wildman–Crippen MR) is 123 cm³/mol. The number of hydrogen-bond acceptors (Lipinski definition) is 6. The van der Waals surface area contributed by atoms with Crippen molar-refractivity contribution >= 4 is 24.1 Å². The number of benzene rings is 3. The molecule has 0 unspecified atom stereocenters. The summed E-state index contributed by atoms with van der Waals surface area (Å²) in [5, 5.41) is 6.66. The maximum atomic E-state index is 12.9. The van der Waals surface area contributed by atoms with E-state index in [9.17, 15) is 9.59 Å². The van der Waals surface area contributed by atoms with E-state index in [1.54, 1.807) is 86.0 Å². The standard InChI is InChI=1S/C25H21N3O5/c1-31-20-10-7-17(8-11-20)15-26-28-25(30)21(27-24(29)19-5-3-2-4-6-19)13-18-9-12-22-23(14-18)33-16-32-22/h2-15H,16H2,1H3,(H,27,29)(H,28,30)/b21-13-,26-15+. The summed E-state index contributed by atoms with van der Waals surface area (Å²) in [6, 6.07) is 21.0. The van der Waals surface area contributed by atoms with E-state index in [4.69, 9.17) is 14.2 Å². The van der Waals surface area contributed by atoms with Crippen LogP contribution in [0.25, 0.3) is 6.08 Å². The minimum Gasteiger partial charge on any atom is -0.497 e. The summed E-state index contributed by atoms with van der Waals surface area (Å²) in [6.45, 7) is 0.140. The molecule has 0 saturated heterocycles. The Morgan fingerprint density at radius 3 is 2.42 bits per heavy atom. The van der Waals surface area contributed by atoms with Gasteiger partial charge in [-0.3, -0.25) is 9.59 Å². The number of ether oxygens (including phenoxy) is 3. The smallest absolute Gasteiger partial charge is 0.287 e. The third kappa shape index (κ3) is 5.56. The van der Waals surface area contributed by atoms with Crippen LogP contribution in [0.5, 0.6) is 17.2 Å². The van der Waals surface area contributed by atoms with Gasteiger partial charge in [0.05, 0.1) is 13.3 Å². The molecule has 0 spiro atoms. The van der Waals surface area contributed by atoms with Gasteiger partial charge in [-0.1, -0.05) is 24.3 Å². The number of methoxy groups -OCH3 is 1. The maximum Gasteiger partial charge on any atom is 0.287 e. The Bertz CT molecular complexity index is 1200. The quantitative estimate of drug-likeness (QED) is 0.332. The van der Waals surface area contributed by atoms with E-state index in [2.05, 4.69) is 15.8 Å². The van der Waals surface area contributed by atoms with E-state index in [1.807, 2.05) is 0 Å². The second-order valence-corrected chi connectivity index (χ2v) is 6.96. The lowest BCUT2D eigenvalue weighted by atomic mass is 10.1. The first-order valence-electron chi connectivity index (χ1n) is 10.1. The Morgan fingerprint density at radius 2 is 1.67 bits per heavy atom. The lowest BCUT2D eigenvalue weighted by Crippen LogP contribution is -2.32. The number of rotatable bonds is 7. The molecule has 4 rings (SSSR count). The SMILES string of the molecule is COc1ccc(/C=N/NC(=O)/C(=C/c2ccc3c(c2)OCO3)NC(=O)c2ccccc2)cc1. The van der Waals surface area contributed by atoms with Gasteiger partial charge in [0.25, 0.3) is 11.8 Å². The minimum atomic E-state index is -0.582. The Hall–Kier alpha value is -4.59. The van der Waals surface area contributed by atoms with Crippen LogP contribution in [0.2, 0.25) is 0 Å². The largest absolute Gasteiger partial charge is 0.497 e. The van der Waals surface area contributed by atoms with Gasteiger partial charge in [-0.2, -0.15) is 5.10 Å². The molecule has 1 heterocycles. The van der Waals surface area contributed by atoms with Crippen LogP contribution in [0.15, 0.2) is 83.6 Å². The fourth-order valence-corrected chi connectivity index (χ4v) is 3.03. The van der Waals surface area contributed by atoms with Crippen molar-refractivity contribution in [3.8, 4) is 17.2 Å². The third-order valence-corrected chi connectivity index (χ3v) is 4.73. The molecular weight excluding hydrogens is 422 g/mol. The summed E-state index contributed by atoms with van der Waals surface area (Å²) in [5.74, 6) is 0.901. The van der Waals surface area contributed by atoms with Crippen LogP contribution in [-0.2, 0) is 4.79 Å². The summed E-state index contributed by atoms with van der Waals surface area (Å²) in [4.78, 5) is 25.5. The zero-order valence-electron chi connectivity index (χ0n) is 17.8. The molecule has 3 aromatic carbocycles. The Balaban J connectivity index is 1.53. The third-order valence-electron chi connectivity index (χ3n) is 4.73. The second kappa shape index (κ2) is 10.1. The molecule has 0 aromatic heterocycles. The monoisotopic (exact) mass is 443 g/mol. The average Bonchev–Trinajstić information content (AvgIpc) is 3.32. The molecule has 0 bridgehead atoms. The first-order valence-corrected chi connectivity index (χ1v) is 10.1. The van der Waals surface area contributed by atoms with Crippen molar-refractivity contribution in [3.63, 3.8) is 0 Å². The number of hydrazone groups is 1. The molecule has 3 aromatic rings. The molecule has 0 radical (unpaired) electrons. The number of nitrogens with one attached hydrogen (secondary N) is 2. The summed E-state index contributed by atoms with van der Waals surface area (Å²) < 4.78 is 15.8.